The number of rotatable bonds is 3. The fourth-order valence-corrected chi connectivity index (χ4v) is 1.34. The van der Waals surface area contributed by atoms with Crippen molar-refractivity contribution in [3.63, 3.8) is 0 Å². The van der Waals surface area contributed by atoms with E-state index < -0.39 is 17.1 Å². The third kappa shape index (κ3) is 1.21. The average Bonchev–Trinajstić information content (AvgIpc) is 2.66. The van der Waals surface area contributed by atoms with E-state index >= 15 is 0 Å². The molecule has 3 heteroatoms. The van der Waals surface area contributed by atoms with Gasteiger partial charge in [0.15, 0.2) is 0 Å². The molecular formula is C9H15FO2. The van der Waals surface area contributed by atoms with E-state index in [2.05, 4.69) is 0 Å². The van der Waals surface area contributed by atoms with Crippen LogP contribution in [0.1, 0.15) is 33.6 Å². The van der Waals surface area contributed by atoms with Crippen molar-refractivity contribution in [1.82, 2.24) is 0 Å². The van der Waals surface area contributed by atoms with Crippen LogP contribution in [0.15, 0.2) is 0 Å². The summed E-state index contributed by atoms with van der Waals surface area (Å²) in [4.78, 5) is 10.8. The minimum Gasteiger partial charge on any atom is -0.481 e. The largest absolute Gasteiger partial charge is 0.481 e. The lowest BCUT2D eigenvalue weighted by molar-refractivity contribution is -0.157. The van der Waals surface area contributed by atoms with Crippen LogP contribution < -0.4 is 0 Å². The quantitative estimate of drug-likeness (QED) is 0.712. The monoisotopic (exact) mass is 174 g/mol. The molecule has 12 heavy (non-hydrogen) atoms. The summed E-state index contributed by atoms with van der Waals surface area (Å²) in [6, 6.07) is 0. The van der Waals surface area contributed by atoms with Crippen molar-refractivity contribution in [3.8, 4) is 0 Å². The lowest BCUT2D eigenvalue weighted by atomic mass is 9.74. The Morgan fingerprint density at radius 3 is 2.08 bits per heavy atom. The number of hydrogen-bond donors (Lipinski definition) is 1. The highest BCUT2D eigenvalue weighted by molar-refractivity contribution is 5.75. The van der Waals surface area contributed by atoms with E-state index in [0.29, 0.717) is 0 Å². The summed E-state index contributed by atoms with van der Waals surface area (Å²) >= 11 is 0. The van der Waals surface area contributed by atoms with Crippen LogP contribution in [0.2, 0.25) is 0 Å². The molecule has 1 rings (SSSR count). The van der Waals surface area contributed by atoms with Crippen molar-refractivity contribution in [2.75, 3.05) is 0 Å². The van der Waals surface area contributed by atoms with Crippen molar-refractivity contribution < 1.29 is 14.3 Å². The van der Waals surface area contributed by atoms with E-state index in [-0.39, 0.29) is 5.92 Å². The molecule has 0 bridgehead atoms. The van der Waals surface area contributed by atoms with E-state index in [9.17, 15) is 9.18 Å². The first-order chi connectivity index (χ1) is 5.30. The summed E-state index contributed by atoms with van der Waals surface area (Å²) < 4.78 is 13.9. The Balaban J connectivity index is 2.84. The Morgan fingerprint density at radius 1 is 1.42 bits per heavy atom. The molecule has 0 spiro atoms. The van der Waals surface area contributed by atoms with Gasteiger partial charge in [-0.25, -0.2) is 4.39 Å². The molecule has 1 fully saturated rings. The predicted molar refractivity (Wildman–Crippen MR) is 43.7 cm³/mol. The lowest BCUT2D eigenvalue weighted by Gasteiger charge is -2.34. The Kier molecular flexibility index (Phi) is 1.93. The Bertz CT molecular complexity index is 205. The molecule has 0 aromatic heterocycles. The minimum atomic E-state index is -1.57. The van der Waals surface area contributed by atoms with Gasteiger partial charge in [-0.15, -0.1) is 0 Å². The number of carbonyl (C=O) groups is 1. The maximum absolute atomic E-state index is 13.9. The van der Waals surface area contributed by atoms with Crippen molar-refractivity contribution in [3.05, 3.63) is 0 Å². The van der Waals surface area contributed by atoms with Crippen LogP contribution >= 0.6 is 0 Å². The molecule has 2 nitrogen and oxygen atoms in total. The second-order valence-electron chi connectivity index (χ2n) is 4.28. The van der Waals surface area contributed by atoms with Crippen molar-refractivity contribution in [1.29, 1.82) is 0 Å². The van der Waals surface area contributed by atoms with Gasteiger partial charge >= 0.3 is 5.97 Å². The minimum absolute atomic E-state index is 0.0522. The van der Waals surface area contributed by atoms with Gasteiger partial charge in [0.2, 0.25) is 0 Å². The Morgan fingerprint density at radius 2 is 1.83 bits per heavy atom. The predicted octanol–water partition coefficient (Wildman–Crippen LogP) is 2.24. The molecule has 1 aliphatic carbocycles. The van der Waals surface area contributed by atoms with Crippen LogP contribution in [0.4, 0.5) is 4.39 Å². The van der Waals surface area contributed by atoms with Gasteiger partial charge < -0.3 is 5.11 Å². The third-order valence-electron chi connectivity index (χ3n) is 3.10. The Labute approximate surface area is 71.8 Å². The summed E-state index contributed by atoms with van der Waals surface area (Å²) in [6.07, 6.45) is 1.65. The Hall–Kier alpha value is -0.600. The van der Waals surface area contributed by atoms with Gasteiger partial charge in [-0.05, 0) is 39.5 Å². The molecule has 1 N–H and O–H groups in total. The number of aliphatic carboxylic acids is 1. The second kappa shape index (κ2) is 2.44. The molecular weight excluding hydrogens is 159 g/mol. The zero-order chi connectivity index (χ0) is 9.57. The van der Waals surface area contributed by atoms with Gasteiger partial charge in [-0.2, -0.15) is 0 Å². The molecule has 0 aromatic rings. The highest BCUT2D eigenvalue weighted by Crippen LogP contribution is 2.51. The van der Waals surface area contributed by atoms with Gasteiger partial charge in [0.25, 0.3) is 0 Å². The summed E-state index contributed by atoms with van der Waals surface area (Å²) in [5.41, 5.74) is -2.84. The van der Waals surface area contributed by atoms with E-state index in [1.54, 1.807) is 0 Å². The smallest absolute Gasteiger partial charge is 0.312 e. The molecule has 0 radical (unpaired) electrons. The van der Waals surface area contributed by atoms with Gasteiger partial charge in [0, 0.05) is 0 Å². The summed E-state index contributed by atoms with van der Waals surface area (Å²) in [5.74, 6) is -1.11. The highest BCUT2D eigenvalue weighted by atomic mass is 19.1. The van der Waals surface area contributed by atoms with Crippen LogP contribution in [0.3, 0.4) is 0 Å². The van der Waals surface area contributed by atoms with Gasteiger partial charge in [0.1, 0.15) is 5.67 Å². The molecule has 0 amide bonds. The molecule has 0 saturated heterocycles. The number of alkyl halides is 1. The molecule has 70 valence electrons. The number of carboxylic acids is 1. The average molecular weight is 174 g/mol. The summed E-state index contributed by atoms with van der Waals surface area (Å²) in [7, 11) is 0. The van der Waals surface area contributed by atoms with Crippen LogP contribution in [-0.4, -0.2) is 16.7 Å². The molecule has 1 atom stereocenters. The third-order valence-corrected chi connectivity index (χ3v) is 3.10. The fourth-order valence-electron chi connectivity index (χ4n) is 1.34. The van der Waals surface area contributed by atoms with E-state index in [1.807, 2.05) is 0 Å². The lowest BCUT2D eigenvalue weighted by Crippen LogP contribution is -2.45. The van der Waals surface area contributed by atoms with Gasteiger partial charge in [0.05, 0.1) is 5.41 Å². The SMILES string of the molecule is CC(C)(C(=O)O)C(C)(F)C1CC1. The molecule has 1 unspecified atom stereocenters. The molecule has 0 heterocycles. The zero-order valence-electron chi connectivity index (χ0n) is 7.72. The summed E-state index contributed by atoms with van der Waals surface area (Å²) in [5, 5.41) is 8.81. The first kappa shape index (κ1) is 9.49. The van der Waals surface area contributed by atoms with Crippen LogP contribution in [-0.2, 0) is 4.79 Å². The normalized spacial score (nSPS) is 23.3. The van der Waals surface area contributed by atoms with E-state index in [4.69, 9.17) is 5.11 Å². The number of carboxylic acid groups (broad SMARTS) is 1. The van der Waals surface area contributed by atoms with E-state index in [1.165, 1.54) is 20.8 Å². The standard InChI is InChI=1S/C9H15FO2/c1-8(2,7(11)12)9(3,10)6-4-5-6/h6H,4-5H2,1-3H3,(H,11,12). The van der Waals surface area contributed by atoms with Gasteiger partial charge in [-0.3, -0.25) is 4.79 Å². The molecule has 1 saturated carbocycles. The first-order valence-corrected chi connectivity index (χ1v) is 4.22. The van der Waals surface area contributed by atoms with Crippen molar-refractivity contribution in [2.45, 2.75) is 39.3 Å². The van der Waals surface area contributed by atoms with Crippen molar-refractivity contribution in [2.24, 2.45) is 11.3 Å². The molecule has 1 aliphatic rings. The first-order valence-electron chi connectivity index (χ1n) is 4.22. The fraction of sp³-hybridized carbons (Fsp3) is 0.889. The maximum atomic E-state index is 13.9. The zero-order valence-corrected chi connectivity index (χ0v) is 7.72. The molecule has 0 aromatic carbocycles. The van der Waals surface area contributed by atoms with Crippen LogP contribution in [0, 0.1) is 11.3 Å². The maximum Gasteiger partial charge on any atom is 0.312 e. The number of halogens is 1. The van der Waals surface area contributed by atoms with Crippen LogP contribution in [0.25, 0.3) is 0 Å². The molecule has 0 aliphatic heterocycles. The second-order valence-corrected chi connectivity index (χ2v) is 4.28. The summed E-state index contributed by atoms with van der Waals surface area (Å²) in [6.45, 7) is 4.31. The van der Waals surface area contributed by atoms with Gasteiger partial charge in [-0.1, -0.05) is 0 Å². The highest BCUT2D eigenvalue weighted by Gasteiger charge is 2.55. The van der Waals surface area contributed by atoms with E-state index in [0.717, 1.165) is 12.8 Å². The van der Waals surface area contributed by atoms with Crippen molar-refractivity contribution >= 4 is 5.97 Å². The number of hydrogen-bond acceptors (Lipinski definition) is 1. The topological polar surface area (TPSA) is 37.3 Å². The van der Waals surface area contributed by atoms with Crippen LogP contribution in [0.5, 0.6) is 0 Å².